The smallest absolute Gasteiger partial charge is 0.323 e. The number of hydrogen-bond donors (Lipinski definition) is 2. The second-order valence-electron chi connectivity index (χ2n) is 4.28. The van der Waals surface area contributed by atoms with Crippen LogP contribution in [0.4, 0.5) is 4.79 Å². The molecule has 1 aromatic carbocycles. The third-order valence-electron chi connectivity index (χ3n) is 2.71. The monoisotopic (exact) mass is 291 g/mol. The summed E-state index contributed by atoms with van der Waals surface area (Å²) < 4.78 is 4.85. The number of hydrogen-bond acceptors (Lipinski definition) is 4. The number of benzene rings is 1. The lowest BCUT2D eigenvalue weighted by Gasteiger charge is -2.20. The van der Waals surface area contributed by atoms with Crippen LogP contribution in [0.3, 0.4) is 0 Å². The Morgan fingerprint density at radius 1 is 1.38 bits per heavy atom. The van der Waals surface area contributed by atoms with E-state index in [9.17, 15) is 9.59 Å². The van der Waals surface area contributed by atoms with Crippen LogP contribution >= 0.6 is 0 Å². The summed E-state index contributed by atoms with van der Waals surface area (Å²) in [6, 6.07) is 8.31. The summed E-state index contributed by atoms with van der Waals surface area (Å²) in [6.07, 6.45) is 0. The van der Waals surface area contributed by atoms with Gasteiger partial charge in [-0.2, -0.15) is 5.26 Å². The quantitative estimate of drug-likeness (QED) is 0.773. The Morgan fingerprint density at radius 3 is 2.57 bits per heavy atom. The summed E-state index contributed by atoms with van der Waals surface area (Å²) in [5, 5.41) is 20.1. The molecule has 0 fully saturated rings. The van der Waals surface area contributed by atoms with E-state index in [1.807, 2.05) is 6.07 Å². The molecule has 0 saturated carbocycles. The molecule has 21 heavy (non-hydrogen) atoms. The van der Waals surface area contributed by atoms with E-state index in [0.717, 1.165) is 10.5 Å². The van der Waals surface area contributed by atoms with Crippen LogP contribution in [0.25, 0.3) is 0 Å². The SMILES string of the molecule is COCCN(CC(=O)O)C(=O)NCc1ccc(C#N)cc1. The Kier molecular flexibility index (Phi) is 6.71. The molecule has 0 spiro atoms. The molecular weight excluding hydrogens is 274 g/mol. The largest absolute Gasteiger partial charge is 0.480 e. The molecule has 0 saturated heterocycles. The van der Waals surface area contributed by atoms with Crippen molar-refractivity contribution in [2.45, 2.75) is 6.54 Å². The number of urea groups is 1. The molecule has 0 unspecified atom stereocenters. The molecule has 0 heterocycles. The molecule has 2 amide bonds. The minimum Gasteiger partial charge on any atom is -0.480 e. The molecule has 0 radical (unpaired) electrons. The zero-order valence-corrected chi connectivity index (χ0v) is 11.7. The number of carboxylic acids is 1. The van der Waals surface area contributed by atoms with Gasteiger partial charge in [0.15, 0.2) is 0 Å². The molecule has 0 aliphatic carbocycles. The van der Waals surface area contributed by atoms with Gasteiger partial charge in [-0.1, -0.05) is 12.1 Å². The van der Waals surface area contributed by atoms with E-state index in [4.69, 9.17) is 15.1 Å². The number of amides is 2. The molecule has 2 N–H and O–H groups in total. The number of methoxy groups -OCH3 is 1. The molecule has 0 atom stereocenters. The highest BCUT2D eigenvalue weighted by molar-refractivity contribution is 5.80. The number of carbonyl (C=O) groups is 2. The number of carbonyl (C=O) groups excluding carboxylic acids is 1. The van der Waals surface area contributed by atoms with Crippen LogP contribution in [0.2, 0.25) is 0 Å². The van der Waals surface area contributed by atoms with Crippen molar-refractivity contribution in [3.63, 3.8) is 0 Å². The van der Waals surface area contributed by atoms with E-state index in [-0.39, 0.29) is 26.2 Å². The molecule has 7 nitrogen and oxygen atoms in total. The maximum Gasteiger partial charge on any atom is 0.323 e. The van der Waals surface area contributed by atoms with Gasteiger partial charge in [0.25, 0.3) is 0 Å². The first-order valence-corrected chi connectivity index (χ1v) is 6.29. The van der Waals surface area contributed by atoms with Gasteiger partial charge < -0.3 is 20.1 Å². The summed E-state index contributed by atoms with van der Waals surface area (Å²) in [5.41, 5.74) is 1.36. The van der Waals surface area contributed by atoms with Crippen LogP contribution in [-0.4, -0.2) is 48.8 Å². The fourth-order valence-electron chi connectivity index (χ4n) is 1.60. The van der Waals surface area contributed by atoms with E-state index < -0.39 is 12.0 Å². The lowest BCUT2D eigenvalue weighted by molar-refractivity contribution is -0.137. The van der Waals surface area contributed by atoms with Crippen LogP contribution < -0.4 is 5.32 Å². The van der Waals surface area contributed by atoms with Gasteiger partial charge in [-0.25, -0.2) is 4.79 Å². The first-order chi connectivity index (χ1) is 10.1. The first kappa shape index (κ1) is 16.5. The van der Waals surface area contributed by atoms with Crippen molar-refractivity contribution in [3.05, 3.63) is 35.4 Å². The second-order valence-corrected chi connectivity index (χ2v) is 4.28. The second kappa shape index (κ2) is 8.55. The molecule has 112 valence electrons. The van der Waals surface area contributed by atoms with Crippen molar-refractivity contribution < 1.29 is 19.4 Å². The highest BCUT2D eigenvalue weighted by atomic mass is 16.5. The Balaban J connectivity index is 2.55. The van der Waals surface area contributed by atoms with Gasteiger partial charge in [-0.3, -0.25) is 4.79 Å². The third kappa shape index (κ3) is 5.93. The fourth-order valence-corrected chi connectivity index (χ4v) is 1.60. The Morgan fingerprint density at radius 2 is 2.05 bits per heavy atom. The number of ether oxygens (including phenoxy) is 1. The van der Waals surface area contributed by atoms with Crippen molar-refractivity contribution in [1.29, 1.82) is 5.26 Å². The normalized spacial score (nSPS) is 9.71. The van der Waals surface area contributed by atoms with Crippen molar-refractivity contribution in [2.24, 2.45) is 0 Å². The molecule has 0 aromatic heterocycles. The molecule has 0 bridgehead atoms. The average Bonchev–Trinajstić information content (AvgIpc) is 2.49. The molecule has 1 rings (SSSR count). The standard InChI is InChI=1S/C14H17N3O4/c1-21-7-6-17(10-13(18)19)14(20)16-9-12-4-2-11(8-15)3-5-12/h2-5H,6-7,9-10H2,1H3,(H,16,20)(H,18,19). The highest BCUT2D eigenvalue weighted by Gasteiger charge is 2.15. The number of aliphatic carboxylic acids is 1. The Bertz CT molecular complexity index is 522. The summed E-state index contributed by atoms with van der Waals surface area (Å²) in [4.78, 5) is 23.8. The van der Waals surface area contributed by atoms with E-state index in [1.165, 1.54) is 7.11 Å². The number of rotatable bonds is 7. The Hall–Kier alpha value is -2.59. The van der Waals surface area contributed by atoms with E-state index in [2.05, 4.69) is 5.32 Å². The molecule has 7 heteroatoms. The number of nitrogens with one attached hydrogen (secondary N) is 1. The number of carboxylic acid groups (broad SMARTS) is 1. The van der Waals surface area contributed by atoms with Crippen LogP contribution in [0, 0.1) is 11.3 Å². The average molecular weight is 291 g/mol. The van der Waals surface area contributed by atoms with Gasteiger partial charge in [-0.15, -0.1) is 0 Å². The van der Waals surface area contributed by atoms with E-state index >= 15 is 0 Å². The predicted molar refractivity (Wildman–Crippen MR) is 74.5 cm³/mol. The van der Waals surface area contributed by atoms with Crippen molar-refractivity contribution >= 4 is 12.0 Å². The van der Waals surface area contributed by atoms with Crippen molar-refractivity contribution in [3.8, 4) is 6.07 Å². The van der Waals surface area contributed by atoms with Gasteiger partial charge in [-0.05, 0) is 17.7 Å². The maximum atomic E-state index is 11.9. The van der Waals surface area contributed by atoms with E-state index in [0.29, 0.717) is 5.56 Å². The summed E-state index contributed by atoms with van der Waals surface area (Å²) in [7, 11) is 1.48. The number of nitrogens with zero attached hydrogens (tertiary/aromatic N) is 2. The van der Waals surface area contributed by atoms with Gasteiger partial charge >= 0.3 is 12.0 Å². The van der Waals surface area contributed by atoms with Crippen molar-refractivity contribution in [2.75, 3.05) is 26.8 Å². The maximum absolute atomic E-state index is 11.9. The van der Waals surface area contributed by atoms with E-state index in [1.54, 1.807) is 24.3 Å². The topological polar surface area (TPSA) is 103 Å². The van der Waals surface area contributed by atoms with Crippen molar-refractivity contribution in [1.82, 2.24) is 10.2 Å². The lowest BCUT2D eigenvalue weighted by atomic mass is 10.1. The van der Waals surface area contributed by atoms with Crippen LogP contribution in [0.1, 0.15) is 11.1 Å². The summed E-state index contributed by atoms with van der Waals surface area (Å²) >= 11 is 0. The minimum atomic E-state index is -1.08. The Labute approximate surface area is 122 Å². The highest BCUT2D eigenvalue weighted by Crippen LogP contribution is 2.03. The van der Waals surface area contributed by atoms with Gasteiger partial charge in [0.2, 0.25) is 0 Å². The molecule has 1 aromatic rings. The van der Waals surface area contributed by atoms with Gasteiger partial charge in [0, 0.05) is 20.2 Å². The molecule has 0 aliphatic rings. The van der Waals surface area contributed by atoms with Crippen LogP contribution in [-0.2, 0) is 16.1 Å². The molecule has 0 aliphatic heterocycles. The first-order valence-electron chi connectivity index (χ1n) is 6.29. The minimum absolute atomic E-state index is 0.196. The van der Waals surface area contributed by atoms with Crippen LogP contribution in [0.5, 0.6) is 0 Å². The fraction of sp³-hybridized carbons (Fsp3) is 0.357. The van der Waals surface area contributed by atoms with Gasteiger partial charge in [0.05, 0.1) is 18.2 Å². The number of nitriles is 1. The van der Waals surface area contributed by atoms with Gasteiger partial charge in [0.1, 0.15) is 6.54 Å². The summed E-state index contributed by atoms with van der Waals surface area (Å²) in [5.74, 6) is -1.08. The lowest BCUT2D eigenvalue weighted by Crippen LogP contribution is -2.44. The zero-order chi connectivity index (χ0) is 15.7. The predicted octanol–water partition coefficient (Wildman–Crippen LogP) is 0.801. The third-order valence-corrected chi connectivity index (χ3v) is 2.71. The van der Waals surface area contributed by atoms with Crippen LogP contribution in [0.15, 0.2) is 24.3 Å². The zero-order valence-electron chi connectivity index (χ0n) is 11.7. The molecular formula is C14H17N3O4. The summed E-state index contributed by atoms with van der Waals surface area (Å²) in [6.45, 7) is 0.329.